The lowest BCUT2D eigenvalue weighted by Crippen LogP contribution is -2.08. The number of esters is 1. The van der Waals surface area contributed by atoms with E-state index in [0.717, 1.165) is 17.4 Å². The zero-order valence-electron chi connectivity index (χ0n) is 13.2. The van der Waals surface area contributed by atoms with Crippen molar-refractivity contribution in [1.82, 2.24) is 4.98 Å². The van der Waals surface area contributed by atoms with Gasteiger partial charge in [-0.15, -0.1) is 0 Å². The summed E-state index contributed by atoms with van der Waals surface area (Å²) in [6.07, 6.45) is 2.10. The molecular formula is C18H13Cl2NO4. The fourth-order valence-electron chi connectivity index (χ4n) is 2.37. The summed E-state index contributed by atoms with van der Waals surface area (Å²) in [7, 11) is 0. The van der Waals surface area contributed by atoms with E-state index in [1.165, 1.54) is 18.3 Å². The molecule has 7 heteroatoms. The molecule has 1 aromatic carbocycles. The number of pyridine rings is 1. The average Bonchev–Trinajstić information content (AvgIpc) is 2.60. The van der Waals surface area contributed by atoms with Crippen molar-refractivity contribution in [2.45, 2.75) is 20.0 Å². The Hall–Kier alpha value is -2.37. The van der Waals surface area contributed by atoms with Crippen molar-refractivity contribution in [2.75, 3.05) is 0 Å². The molecule has 0 atom stereocenters. The zero-order valence-corrected chi connectivity index (χ0v) is 14.7. The monoisotopic (exact) mass is 377 g/mol. The Morgan fingerprint density at radius 3 is 2.76 bits per heavy atom. The van der Waals surface area contributed by atoms with Crippen LogP contribution in [-0.4, -0.2) is 11.0 Å². The molecule has 2 aromatic heterocycles. The highest BCUT2D eigenvalue weighted by Crippen LogP contribution is 2.22. The van der Waals surface area contributed by atoms with Crippen LogP contribution >= 0.6 is 23.2 Å². The van der Waals surface area contributed by atoms with Crippen LogP contribution in [0.25, 0.3) is 11.0 Å². The van der Waals surface area contributed by atoms with Crippen LogP contribution in [0.5, 0.6) is 0 Å². The highest BCUT2D eigenvalue weighted by atomic mass is 35.5. The smallest absolute Gasteiger partial charge is 0.340 e. The second-order valence-electron chi connectivity index (χ2n) is 5.35. The van der Waals surface area contributed by atoms with Gasteiger partial charge in [0, 0.05) is 23.2 Å². The van der Waals surface area contributed by atoms with Gasteiger partial charge < -0.3 is 9.15 Å². The molecule has 3 aromatic rings. The van der Waals surface area contributed by atoms with Crippen molar-refractivity contribution in [2.24, 2.45) is 0 Å². The Labute approximate surface area is 153 Å². The Morgan fingerprint density at radius 1 is 1.24 bits per heavy atom. The summed E-state index contributed by atoms with van der Waals surface area (Å²) in [5.74, 6) is -0.613. The fraction of sp³-hybridized carbons (Fsp3) is 0.167. The third-order valence-corrected chi connectivity index (χ3v) is 4.38. The van der Waals surface area contributed by atoms with Crippen molar-refractivity contribution in [1.29, 1.82) is 0 Å². The summed E-state index contributed by atoms with van der Waals surface area (Å²) >= 11 is 11.6. The van der Waals surface area contributed by atoms with E-state index >= 15 is 0 Å². The van der Waals surface area contributed by atoms with Crippen molar-refractivity contribution in [3.05, 3.63) is 73.8 Å². The summed E-state index contributed by atoms with van der Waals surface area (Å²) in [6.45, 7) is 1.93. The molecule has 0 unspecified atom stereocenters. The third-order valence-electron chi connectivity index (χ3n) is 3.69. The molecule has 3 rings (SSSR count). The molecule has 0 saturated carbocycles. The molecule has 0 fully saturated rings. The maximum absolute atomic E-state index is 12.1. The summed E-state index contributed by atoms with van der Waals surface area (Å²) in [4.78, 5) is 27.7. The number of halogens is 2. The van der Waals surface area contributed by atoms with Crippen LogP contribution in [0.1, 0.15) is 28.4 Å². The molecule has 0 aliphatic rings. The topological polar surface area (TPSA) is 69.4 Å². The van der Waals surface area contributed by atoms with E-state index in [9.17, 15) is 9.59 Å². The van der Waals surface area contributed by atoms with Gasteiger partial charge in [-0.25, -0.2) is 14.6 Å². The first-order chi connectivity index (χ1) is 12.0. The first-order valence-corrected chi connectivity index (χ1v) is 8.27. The van der Waals surface area contributed by atoms with E-state index in [-0.39, 0.29) is 22.3 Å². The van der Waals surface area contributed by atoms with E-state index in [0.29, 0.717) is 11.1 Å². The normalized spacial score (nSPS) is 10.8. The van der Waals surface area contributed by atoms with E-state index in [4.69, 9.17) is 32.4 Å². The number of ether oxygens (including phenoxy) is 1. The lowest BCUT2D eigenvalue weighted by Gasteiger charge is -2.08. The van der Waals surface area contributed by atoms with Gasteiger partial charge in [-0.2, -0.15) is 0 Å². The summed E-state index contributed by atoms with van der Waals surface area (Å²) < 4.78 is 10.5. The van der Waals surface area contributed by atoms with Crippen LogP contribution in [-0.2, 0) is 17.8 Å². The fourth-order valence-corrected chi connectivity index (χ4v) is 2.64. The van der Waals surface area contributed by atoms with Crippen molar-refractivity contribution in [3.8, 4) is 0 Å². The summed E-state index contributed by atoms with van der Waals surface area (Å²) in [5, 5.41) is 0.988. The van der Waals surface area contributed by atoms with E-state index in [1.807, 2.05) is 25.1 Å². The van der Waals surface area contributed by atoms with E-state index < -0.39 is 11.6 Å². The van der Waals surface area contributed by atoms with Crippen LogP contribution in [0, 0.1) is 0 Å². The van der Waals surface area contributed by atoms with Crippen LogP contribution in [0.4, 0.5) is 0 Å². The molecule has 25 heavy (non-hydrogen) atoms. The molecule has 0 N–H and O–H groups in total. The van der Waals surface area contributed by atoms with Crippen LogP contribution in [0.15, 0.2) is 45.7 Å². The number of benzene rings is 1. The standard InChI is InChI=1S/C18H13Cl2NO4/c1-2-10-3-4-13-12(7-16(22)25-15(13)5-10)9-24-18(23)11-6-14(19)17(20)21-8-11/h3-8H,2,9H2,1H3. The Balaban J connectivity index is 1.86. The number of hydrogen-bond donors (Lipinski definition) is 0. The number of carbonyl (C=O) groups excluding carboxylic acids is 1. The van der Waals surface area contributed by atoms with Gasteiger partial charge in [0.1, 0.15) is 17.3 Å². The van der Waals surface area contributed by atoms with Gasteiger partial charge in [-0.1, -0.05) is 42.3 Å². The Morgan fingerprint density at radius 2 is 2.04 bits per heavy atom. The number of fused-ring (bicyclic) bond motifs is 1. The van der Waals surface area contributed by atoms with Crippen LogP contribution in [0.2, 0.25) is 10.2 Å². The highest BCUT2D eigenvalue weighted by molar-refractivity contribution is 6.41. The number of aromatic nitrogens is 1. The predicted molar refractivity (Wildman–Crippen MR) is 95.2 cm³/mol. The first-order valence-electron chi connectivity index (χ1n) is 7.51. The quantitative estimate of drug-likeness (QED) is 0.382. The third kappa shape index (κ3) is 3.83. The SMILES string of the molecule is CCc1ccc2c(COC(=O)c3cnc(Cl)c(Cl)c3)cc(=O)oc2c1. The molecule has 0 bridgehead atoms. The predicted octanol–water partition coefficient (Wildman–Crippen LogP) is 4.41. The number of aryl methyl sites for hydroxylation is 1. The first kappa shape index (κ1) is 17.5. The maximum Gasteiger partial charge on any atom is 0.340 e. The Kier molecular flexibility index (Phi) is 5.06. The highest BCUT2D eigenvalue weighted by Gasteiger charge is 2.13. The summed E-state index contributed by atoms with van der Waals surface area (Å²) in [5.41, 5.74) is 1.76. The van der Waals surface area contributed by atoms with Crippen LogP contribution in [0.3, 0.4) is 0 Å². The average molecular weight is 378 g/mol. The zero-order chi connectivity index (χ0) is 18.0. The van der Waals surface area contributed by atoms with Gasteiger partial charge in [-0.3, -0.25) is 0 Å². The van der Waals surface area contributed by atoms with Crippen LogP contribution < -0.4 is 5.63 Å². The minimum absolute atomic E-state index is 0.0767. The molecular weight excluding hydrogens is 365 g/mol. The van der Waals surface area contributed by atoms with Crippen molar-refractivity contribution in [3.63, 3.8) is 0 Å². The number of nitrogens with zero attached hydrogens (tertiary/aromatic N) is 1. The largest absolute Gasteiger partial charge is 0.457 e. The molecule has 0 spiro atoms. The minimum Gasteiger partial charge on any atom is -0.457 e. The molecule has 0 radical (unpaired) electrons. The van der Waals surface area contributed by atoms with E-state index in [1.54, 1.807) is 0 Å². The number of carbonyl (C=O) groups is 1. The Bertz CT molecular complexity index is 1010. The molecule has 0 saturated heterocycles. The molecule has 2 heterocycles. The molecule has 0 amide bonds. The lowest BCUT2D eigenvalue weighted by atomic mass is 10.1. The molecule has 128 valence electrons. The summed E-state index contributed by atoms with van der Waals surface area (Å²) in [6, 6.07) is 8.29. The van der Waals surface area contributed by atoms with Crippen molar-refractivity contribution >= 4 is 40.1 Å². The van der Waals surface area contributed by atoms with Crippen molar-refractivity contribution < 1.29 is 13.9 Å². The number of hydrogen-bond acceptors (Lipinski definition) is 5. The van der Waals surface area contributed by atoms with Gasteiger partial charge in [0.2, 0.25) is 0 Å². The van der Waals surface area contributed by atoms with Gasteiger partial charge >= 0.3 is 11.6 Å². The van der Waals surface area contributed by atoms with E-state index in [2.05, 4.69) is 4.98 Å². The molecule has 5 nitrogen and oxygen atoms in total. The molecule has 0 aliphatic carbocycles. The van der Waals surface area contributed by atoms with Gasteiger partial charge in [-0.05, 0) is 24.1 Å². The van der Waals surface area contributed by atoms with Gasteiger partial charge in [0.25, 0.3) is 0 Å². The molecule has 0 aliphatic heterocycles. The second kappa shape index (κ2) is 7.25. The number of rotatable bonds is 4. The lowest BCUT2D eigenvalue weighted by molar-refractivity contribution is 0.0473. The maximum atomic E-state index is 12.1. The van der Waals surface area contributed by atoms with Gasteiger partial charge in [0.15, 0.2) is 0 Å². The minimum atomic E-state index is -0.613. The second-order valence-corrected chi connectivity index (χ2v) is 6.11. The van der Waals surface area contributed by atoms with Gasteiger partial charge in [0.05, 0.1) is 10.6 Å².